The van der Waals surface area contributed by atoms with Crippen LogP contribution in [0.1, 0.15) is 25.3 Å². The second kappa shape index (κ2) is 10.3. The molecule has 0 bridgehead atoms. The monoisotopic (exact) mass is 495 g/mol. The van der Waals surface area contributed by atoms with Gasteiger partial charge in [0.1, 0.15) is 23.7 Å². The number of hydrogen-bond donors (Lipinski definition) is 2. The Kier molecular flexibility index (Phi) is 7.17. The lowest BCUT2D eigenvalue weighted by Gasteiger charge is -2.18. The molecule has 0 unspecified atom stereocenters. The average molecular weight is 496 g/mol. The first-order chi connectivity index (χ1) is 16.8. The third-order valence-electron chi connectivity index (χ3n) is 5.60. The Bertz CT molecular complexity index is 1430. The summed E-state index contributed by atoms with van der Waals surface area (Å²) in [5.74, 6) is 3.24. The minimum absolute atomic E-state index is 0.0657. The summed E-state index contributed by atoms with van der Waals surface area (Å²) in [6.07, 6.45) is 7.53. The molecule has 35 heavy (non-hydrogen) atoms. The fourth-order valence-electron chi connectivity index (χ4n) is 3.91. The molecule has 1 fully saturated rings. The summed E-state index contributed by atoms with van der Waals surface area (Å²) >= 11 is 0. The number of fused-ring (bicyclic) bond motifs is 1. The molecule has 2 aromatic carbocycles. The molecule has 0 saturated carbocycles. The molecular formula is C25H26FN5O3S. The van der Waals surface area contributed by atoms with Crippen LogP contribution in [0.5, 0.6) is 5.75 Å². The Morgan fingerprint density at radius 2 is 2.06 bits per heavy atom. The van der Waals surface area contributed by atoms with Gasteiger partial charge in [-0.3, -0.25) is 4.79 Å². The highest BCUT2D eigenvalue weighted by atomic mass is 32.2. The van der Waals surface area contributed by atoms with Crippen LogP contribution in [-0.4, -0.2) is 44.2 Å². The van der Waals surface area contributed by atoms with Crippen LogP contribution in [0.4, 0.5) is 21.6 Å². The molecule has 10 heteroatoms. The van der Waals surface area contributed by atoms with Crippen molar-refractivity contribution >= 4 is 43.7 Å². The van der Waals surface area contributed by atoms with Gasteiger partial charge in [0.2, 0.25) is 0 Å². The Morgan fingerprint density at radius 1 is 1.29 bits per heavy atom. The van der Waals surface area contributed by atoms with Gasteiger partial charge in [-0.1, -0.05) is 5.92 Å². The van der Waals surface area contributed by atoms with Crippen molar-refractivity contribution in [2.75, 3.05) is 23.4 Å². The molecule has 1 aliphatic heterocycles. The molecule has 8 nitrogen and oxygen atoms in total. The number of nitrogens with one attached hydrogen (secondary N) is 2. The highest BCUT2D eigenvalue weighted by Crippen LogP contribution is 2.34. The van der Waals surface area contributed by atoms with Crippen LogP contribution in [0.3, 0.4) is 0 Å². The summed E-state index contributed by atoms with van der Waals surface area (Å²) < 4.78 is 37.2. The molecule has 3 aromatic rings. The zero-order chi connectivity index (χ0) is 25.0. The lowest BCUT2D eigenvalue weighted by molar-refractivity contribution is -0.126. The maximum atomic E-state index is 14.0. The third-order valence-corrected chi connectivity index (χ3v) is 8.00. The predicted molar refractivity (Wildman–Crippen MR) is 135 cm³/mol. The van der Waals surface area contributed by atoms with Gasteiger partial charge < -0.3 is 15.4 Å². The van der Waals surface area contributed by atoms with Crippen molar-refractivity contribution in [3.63, 3.8) is 0 Å². The van der Waals surface area contributed by atoms with Crippen molar-refractivity contribution in [3.8, 4) is 18.1 Å². The van der Waals surface area contributed by atoms with Crippen molar-refractivity contribution < 1.29 is 18.1 Å². The number of amides is 1. The van der Waals surface area contributed by atoms with Gasteiger partial charge in [-0.25, -0.2) is 18.6 Å². The number of anilines is 2. The second-order valence-corrected chi connectivity index (χ2v) is 10.8. The van der Waals surface area contributed by atoms with E-state index in [1.165, 1.54) is 24.5 Å². The first kappa shape index (κ1) is 24.4. The van der Waals surface area contributed by atoms with Crippen molar-refractivity contribution in [2.45, 2.75) is 32.8 Å². The van der Waals surface area contributed by atoms with Crippen LogP contribution in [-0.2, 0) is 14.5 Å². The van der Waals surface area contributed by atoms with E-state index in [1.807, 2.05) is 13.0 Å². The Morgan fingerprint density at radius 3 is 2.80 bits per heavy atom. The quantitative estimate of drug-likeness (QED) is 0.475. The third kappa shape index (κ3) is 5.69. The molecule has 1 aliphatic rings. The highest BCUT2D eigenvalue weighted by molar-refractivity contribution is 7.93. The van der Waals surface area contributed by atoms with E-state index in [-0.39, 0.29) is 12.3 Å². The van der Waals surface area contributed by atoms with E-state index < -0.39 is 27.6 Å². The molecule has 0 aliphatic carbocycles. The minimum Gasteiger partial charge on any atom is -0.479 e. The molecule has 182 valence electrons. The molecule has 2 N–H and O–H groups in total. The number of halogens is 1. The minimum atomic E-state index is -2.21. The molecule has 1 saturated heterocycles. The summed E-state index contributed by atoms with van der Waals surface area (Å²) in [5.41, 5.74) is 2.53. The number of benzene rings is 2. The standard InChI is InChI=1S/C25H26FN5O3S/c1-4-9-27-25(32)17(3)34-22-13-18(26)7-8-20(22)30-24-23-16(2)12-19(14-21(23)28-15-29-24)31-35(33)10-5-6-11-35/h1,7-8,12-15,17H,5-6,9-11H2,2-3H3,(H,27,32)(H,28,29,30)/t17-/m1/s1. The SMILES string of the molecule is C#CCNC(=O)[C@@H](C)Oc1cc(F)ccc1Nc1ncnc2cc(N=S3(=O)CCCC3)cc(C)c12. The zero-order valence-electron chi connectivity index (χ0n) is 19.5. The number of aromatic nitrogens is 2. The summed E-state index contributed by atoms with van der Waals surface area (Å²) in [6.45, 7) is 3.51. The van der Waals surface area contributed by atoms with Gasteiger partial charge >= 0.3 is 0 Å². The molecule has 4 rings (SSSR count). The van der Waals surface area contributed by atoms with E-state index in [0.29, 0.717) is 34.2 Å². The van der Waals surface area contributed by atoms with E-state index >= 15 is 0 Å². The number of rotatable bonds is 7. The van der Waals surface area contributed by atoms with Gasteiger partial charge in [0.25, 0.3) is 5.91 Å². The predicted octanol–water partition coefficient (Wildman–Crippen LogP) is 4.23. The van der Waals surface area contributed by atoms with Crippen LogP contribution in [0.25, 0.3) is 10.9 Å². The number of carbonyl (C=O) groups excluding carboxylic acids is 1. The summed E-state index contributed by atoms with van der Waals surface area (Å²) in [4.78, 5) is 20.9. The molecular weight excluding hydrogens is 469 g/mol. The topological polar surface area (TPSA) is 106 Å². The lowest BCUT2D eigenvalue weighted by Crippen LogP contribution is -2.36. The molecule has 1 aromatic heterocycles. The summed E-state index contributed by atoms with van der Waals surface area (Å²) in [6, 6.07) is 7.64. The average Bonchev–Trinajstić information content (AvgIpc) is 3.24. The smallest absolute Gasteiger partial charge is 0.261 e. The first-order valence-electron chi connectivity index (χ1n) is 11.2. The van der Waals surface area contributed by atoms with Gasteiger partial charge in [-0.2, -0.15) is 4.36 Å². The fraction of sp³-hybridized carbons (Fsp3) is 0.320. The normalized spacial score (nSPS) is 15.3. The van der Waals surface area contributed by atoms with E-state index in [2.05, 4.69) is 30.9 Å². The van der Waals surface area contributed by atoms with E-state index in [9.17, 15) is 13.4 Å². The second-order valence-electron chi connectivity index (χ2n) is 8.31. The van der Waals surface area contributed by atoms with Gasteiger partial charge in [-0.15, -0.1) is 6.42 Å². The largest absolute Gasteiger partial charge is 0.479 e. The Hall–Kier alpha value is -3.71. The lowest BCUT2D eigenvalue weighted by atomic mass is 10.1. The number of ether oxygens (including phenoxy) is 1. The summed E-state index contributed by atoms with van der Waals surface area (Å²) in [7, 11) is -2.21. The maximum absolute atomic E-state index is 14.0. The molecule has 1 atom stereocenters. The molecule has 0 radical (unpaired) electrons. The number of carbonyl (C=O) groups is 1. The van der Waals surface area contributed by atoms with Crippen molar-refractivity contribution in [2.24, 2.45) is 4.36 Å². The van der Waals surface area contributed by atoms with Crippen LogP contribution >= 0.6 is 0 Å². The summed E-state index contributed by atoms with van der Waals surface area (Å²) in [5, 5.41) is 6.45. The Labute approximate surface area is 203 Å². The zero-order valence-corrected chi connectivity index (χ0v) is 20.3. The number of aryl methyl sites for hydroxylation is 1. The van der Waals surface area contributed by atoms with Gasteiger partial charge in [-0.05, 0) is 56.5 Å². The van der Waals surface area contributed by atoms with Crippen LogP contribution in [0.2, 0.25) is 0 Å². The fourth-order valence-corrected chi connectivity index (χ4v) is 6.10. The van der Waals surface area contributed by atoms with Gasteiger partial charge in [0.05, 0.1) is 33.2 Å². The number of terminal acetylenes is 1. The first-order valence-corrected chi connectivity index (χ1v) is 13.1. The number of nitrogens with zero attached hydrogens (tertiary/aromatic N) is 3. The van der Waals surface area contributed by atoms with Gasteiger partial charge in [0, 0.05) is 23.0 Å². The molecule has 0 spiro atoms. The van der Waals surface area contributed by atoms with E-state index in [4.69, 9.17) is 11.2 Å². The van der Waals surface area contributed by atoms with Gasteiger partial charge in [0.15, 0.2) is 6.10 Å². The van der Waals surface area contributed by atoms with Crippen molar-refractivity contribution in [1.82, 2.24) is 15.3 Å². The van der Waals surface area contributed by atoms with Crippen molar-refractivity contribution in [1.29, 1.82) is 0 Å². The molecule has 2 heterocycles. The number of hydrogen-bond acceptors (Lipinski definition) is 7. The Balaban J connectivity index is 1.67. The van der Waals surface area contributed by atoms with Crippen LogP contribution < -0.4 is 15.4 Å². The van der Waals surface area contributed by atoms with Crippen LogP contribution in [0.15, 0.2) is 41.0 Å². The van der Waals surface area contributed by atoms with Crippen molar-refractivity contribution in [3.05, 3.63) is 48.0 Å². The van der Waals surface area contributed by atoms with Crippen LogP contribution in [0, 0.1) is 25.1 Å². The van der Waals surface area contributed by atoms with E-state index in [0.717, 1.165) is 23.8 Å². The highest BCUT2D eigenvalue weighted by Gasteiger charge is 2.19. The maximum Gasteiger partial charge on any atom is 0.261 e. The molecule has 1 amide bonds. The van der Waals surface area contributed by atoms with E-state index in [1.54, 1.807) is 13.0 Å².